The molecular weight excluding hydrogens is 318 g/mol. The molecule has 0 unspecified atom stereocenters. The van der Waals surface area contributed by atoms with Gasteiger partial charge in [-0.3, -0.25) is 4.79 Å². The van der Waals surface area contributed by atoms with Crippen LogP contribution in [0.15, 0.2) is 42.5 Å². The van der Waals surface area contributed by atoms with Gasteiger partial charge in [0.25, 0.3) is 5.91 Å². The summed E-state index contributed by atoms with van der Waals surface area (Å²) >= 11 is 0. The van der Waals surface area contributed by atoms with Crippen LogP contribution in [0.2, 0.25) is 0 Å². The quantitative estimate of drug-likeness (QED) is 0.773. The minimum Gasteiger partial charge on any atom is -0.483 e. The first-order valence-corrected chi connectivity index (χ1v) is 7.85. The van der Waals surface area contributed by atoms with Gasteiger partial charge in [0.1, 0.15) is 5.75 Å². The highest BCUT2D eigenvalue weighted by atomic mass is 16.5. The fourth-order valence-corrected chi connectivity index (χ4v) is 2.38. The van der Waals surface area contributed by atoms with Crippen LogP contribution < -0.4 is 10.1 Å². The Hall–Kier alpha value is -3.22. The van der Waals surface area contributed by atoms with E-state index in [0.717, 1.165) is 22.4 Å². The van der Waals surface area contributed by atoms with Gasteiger partial charge in [-0.25, -0.2) is 4.68 Å². The maximum absolute atomic E-state index is 12.1. The van der Waals surface area contributed by atoms with E-state index in [1.54, 1.807) is 23.9 Å². The van der Waals surface area contributed by atoms with Crippen molar-refractivity contribution in [1.82, 2.24) is 20.2 Å². The SMILES string of the molecule is Cc1ccc(C)c(OCC(=O)Nc2ccc(-c3nnnn3C)cc2)c1. The molecule has 7 heteroatoms. The molecule has 0 atom stereocenters. The average molecular weight is 337 g/mol. The van der Waals surface area contributed by atoms with Crippen molar-refractivity contribution in [3.05, 3.63) is 53.6 Å². The zero-order chi connectivity index (χ0) is 17.8. The molecule has 1 heterocycles. The molecule has 0 aliphatic heterocycles. The van der Waals surface area contributed by atoms with Gasteiger partial charge in [0.15, 0.2) is 12.4 Å². The van der Waals surface area contributed by atoms with Gasteiger partial charge in [-0.1, -0.05) is 12.1 Å². The largest absolute Gasteiger partial charge is 0.483 e. The number of nitrogens with zero attached hydrogens (tertiary/aromatic N) is 4. The summed E-state index contributed by atoms with van der Waals surface area (Å²) in [6.07, 6.45) is 0. The Morgan fingerprint density at radius 1 is 1.16 bits per heavy atom. The number of benzene rings is 2. The normalized spacial score (nSPS) is 10.5. The monoisotopic (exact) mass is 337 g/mol. The number of hydrogen-bond acceptors (Lipinski definition) is 5. The highest BCUT2D eigenvalue weighted by molar-refractivity contribution is 5.92. The van der Waals surface area contributed by atoms with Crippen LogP contribution in [0.4, 0.5) is 5.69 Å². The highest BCUT2D eigenvalue weighted by Gasteiger charge is 2.08. The number of amides is 1. The summed E-state index contributed by atoms with van der Waals surface area (Å²) in [4.78, 5) is 12.1. The second kappa shape index (κ2) is 7.12. The van der Waals surface area contributed by atoms with Gasteiger partial charge in [0, 0.05) is 18.3 Å². The molecule has 3 rings (SSSR count). The second-order valence-electron chi connectivity index (χ2n) is 5.81. The van der Waals surface area contributed by atoms with Gasteiger partial charge in [-0.15, -0.1) is 5.10 Å². The third-order valence-electron chi connectivity index (χ3n) is 3.75. The third-order valence-corrected chi connectivity index (χ3v) is 3.75. The number of ether oxygens (including phenoxy) is 1. The molecule has 0 saturated heterocycles. The lowest BCUT2D eigenvalue weighted by Gasteiger charge is -2.10. The van der Waals surface area contributed by atoms with Gasteiger partial charge in [-0.2, -0.15) is 0 Å². The second-order valence-corrected chi connectivity index (χ2v) is 5.81. The van der Waals surface area contributed by atoms with Crippen LogP contribution in [-0.4, -0.2) is 32.7 Å². The van der Waals surface area contributed by atoms with E-state index in [0.29, 0.717) is 11.5 Å². The lowest BCUT2D eigenvalue weighted by molar-refractivity contribution is -0.118. The number of carbonyl (C=O) groups excluding carboxylic acids is 1. The predicted molar refractivity (Wildman–Crippen MR) is 94.3 cm³/mol. The minimum atomic E-state index is -0.214. The molecule has 7 nitrogen and oxygen atoms in total. The molecule has 25 heavy (non-hydrogen) atoms. The third kappa shape index (κ3) is 4.00. The Balaban J connectivity index is 1.59. The van der Waals surface area contributed by atoms with E-state index in [4.69, 9.17) is 4.74 Å². The molecule has 1 aromatic heterocycles. The summed E-state index contributed by atoms with van der Waals surface area (Å²) in [6.45, 7) is 3.90. The van der Waals surface area contributed by atoms with Crippen LogP contribution in [-0.2, 0) is 11.8 Å². The van der Waals surface area contributed by atoms with E-state index in [1.165, 1.54) is 0 Å². The molecular formula is C18H19N5O2. The molecule has 1 N–H and O–H groups in total. The van der Waals surface area contributed by atoms with Crippen LogP contribution >= 0.6 is 0 Å². The van der Waals surface area contributed by atoms with Crippen molar-refractivity contribution in [2.24, 2.45) is 7.05 Å². The molecule has 0 aliphatic rings. The van der Waals surface area contributed by atoms with Crippen molar-refractivity contribution in [2.45, 2.75) is 13.8 Å². The van der Waals surface area contributed by atoms with Gasteiger partial charge in [-0.05, 0) is 65.7 Å². The number of hydrogen-bond donors (Lipinski definition) is 1. The molecule has 0 spiro atoms. The summed E-state index contributed by atoms with van der Waals surface area (Å²) in [7, 11) is 1.77. The van der Waals surface area contributed by atoms with Crippen molar-refractivity contribution in [2.75, 3.05) is 11.9 Å². The zero-order valence-corrected chi connectivity index (χ0v) is 14.4. The van der Waals surface area contributed by atoms with Crippen molar-refractivity contribution in [3.8, 4) is 17.1 Å². The molecule has 0 aliphatic carbocycles. The zero-order valence-electron chi connectivity index (χ0n) is 14.4. The molecule has 0 fully saturated rings. The summed E-state index contributed by atoms with van der Waals surface area (Å²) in [6, 6.07) is 13.2. The van der Waals surface area contributed by atoms with Gasteiger partial charge in [0.2, 0.25) is 0 Å². The van der Waals surface area contributed by atoms with Crippen molar-refractivity contribution < 1.29 is 9.53 Å². The minimum absolute atomic E-state index is 0.0424. The molecule has 0 bridgehead atoms. The first kappa shape index (κ1) is 16.6. The smallest absolute Gasteiger partial charge is 0.262 e. The van der Waals surface area contributed by atoms with Crippen molar-refractivity contribution in [3.63, 3.8) is 0 Å². The van der Waals surface area contributed by atoms with Crippen LogP contribution in [0.1, 0.15) is 11.1 Å². The van der Waals surface area contributed by atoms with Crippen LogP contribution in [0.25, 0.3) is 11.4 Å². The Kier molecular flexibility index (Phi) is 4.74. The van der Waals surface area contributed by atoms with E-state index < -0.39 is 0 Å². The van der Waals surface area contributed by atoms with Crippen LogP contribution in [0.5, 0.6) is 5.75 Å². The maximum atomic E-state index is 12.1. The first-order valence-electron chi connectivity index (χ1n) is 7.85. The van der Waals surface area contributed by atoms with Gasteiger partial charge >= 0.3 is 0 Å². The summed E-state index contributed by atoms with van der Waals surface area (Å²) < 4.78 is 7.20. The van der Waals surface area contributed by atoms with Crippen LogP contribution in [0.3, 0.4) is 0 Å². The van der Waals surface area contributed by atoms with Gasteiger partial charge < -0.3 is 10.1 Å². The number of aryl methyl sites for hydroxylation is 3. The lowest BCUT2D eigenvalue weighted by Crippen LogP contribution is -2.20. The van der Waals surface area contributed by atoms with E-state index in [-0.39, 0.29) is 12.5 Å². The van der Waals surface area contributed by atoms with E-state index in [9.17, 15) is 4.79 Å². The van der Waals surface area contributed by atoms with E-state index >= 15 is 0 Å². The predicted octanol–water partition coefficient (Wildman–Crippen LogP) is 2.51. The molecule has 0 saturated carbocycles. The summed E-state index contributed by atoms with van der Waals surface area (Å²) in [5, 5.41) is 14.2. The highest BCUT2D eigenvalue weighted by Crippen LogP contribution is 2.20. The molecule has 3 aromatic rings. The Morgan fingerprint density at radius 2 is 1.92 bits per heavy atom. The number of rotatable bonds is 5. The average Bonchev–Trinajstić information content (AvgIpc) is 3.02. The molecule has 2 aromatic carbocycles. The standard InChI is InChI=1S/C18H19N5O2/c1-12-4-5-13(2)16(10-12)25-11-17(24)19-15-8-6-14(7-9-15)18-20-21-22-23(18)3/h4-10H,11H2,1-3H3,(H,19,24). The molecule has 0 radical (unpaired) electrons. The number of aromatic nitrogens is 4. The number of carbonyl (C=O) groups is 1. The summed E-state index contributed by atoms with van der Waals surface area (Å²) in [5.41, 5.74) is 3.65. The van der Waals surface area contributed by atoms with Gasteiger partial charge in [0.05, 0.1) is 0 Å². The number of nitrogens with one attached hydrogen (secondary N) is 1. The lowest BCUT2D eigenvalue weighted by atomic mass is 10.1. The van der Waals surface area contributed by atoms with Crippen molar-refractivity contribution in [1.29, 1.82) is 0 Å². The van der Waals surface area contributed by atoms with Crippen molar-refractivity contribution >= 4 is 11.6 Å². The van der Waals surface area contributed by atoms with E-state index in [1.807, 2.05) is 44.2 Å². The van der Waals surface area contributed by atoms with Crippen LogP contribution in [0, 0.1) is 13.8 Å². The Bertz CT molecular complexity index is 887. The number of tetrazole rings is 1. The summed E-state index contributed by atoms with van der Waals surface area (Å²) in [5.74, 6) is 1.17. The Morgan fingerprint density at radius 3 is 2.60 bits per heavy atom. The molecule has 1 amide bonds. The molecule has 128 valence electrons. The topological polar surface area (TPSA) is 81.9 Å². The first-order chi connectivity index (χ1) is 12.0. The maximum Gasteiger partial charge on any atom is 0.262 e. The fraction of sp³-hybridized carbons (Fsp3) is 0.222. The fourth-order valence-electron chi connectivity index (χ4n) is 2.38. The Labute approximate surface area is 145 Å². The number of anilines is 1. The van der Waals surface area contributed by atoms with E-state index in [2.05, 4.69) is 20.8 Å².